The van der Waals surface area contributed by atoms with Gasteiger partial charge in [-0.2, -0.15) is 0 Å². The predicted molar refractivity (Wildman–Crippen MR) is 52.1 cm³/mol. The van der Waals surface area contributed by atoms with Gasteiger partial charge in [0.1, 0.15) is 0 Å². The number of allylic oxidation sites excluding steroid dienone is 1. The van der Waals surface area contributed by atoms with Gasteiger partial charge in [-0.15, -0.1) is 0 Å². The van der Waals surface area contributed by atoms with Gasteiger partial charge >= 0.3 is 0 Å². The molecule has 0 aromatic carbocycles. The summed E-state index contributed by atoms with van der Waals surface area (Å²) in [5.74, 6) is 0. The third kappa shape index (κ3) is 4.06. The van der Waals surface area contributed by atoms with E-state index >= 15 is 0 Å². The maximum atomic E-state index is 4.02. The minimum Gasteiger partial charge on any atom is -0.0956 e. The summed E-state index contributed by atoms with van der Waals surface area (Å²) in [6.45, 7) is 10.7. The molecule has 0 aromatic rings. The lowest BCUT2D eigenvalue weighted by atomic mass is 10.6. The van der Waals surface area contributed by atoms with E-state index in [1.807, 2.05) is 0 Å². The van der Waals surface area contributed by atoms with Crippen LogP contribution in [0.15, 0.2) is 11.9 Å². The molecule has 0 fully saturated rings. The van der Waals surface area contributed by atoms with Gasteiger partial charge in [-0.3, -0.25) is 0 Å². The standard InChI is InChI=1S/C9H19P/c1-5-7-10(8-6-2)9(3)4/h3,5-8H2,1-2,4H3. The van der Waals surface area contributed by atoms with Gasteiger partial charge in [0.05, 0.1) is 0 Å². The second kappa shape index (κ2) is 5.92. The SMILES string of the molecule is C=C(C)P(CCC)CCC. The van der Waals surface area contributed by atoms with Crippen LogP contribution in [0, 0.1) is 0 Å². The van der Waals surface area contributed by atoms with E-state index in [1.54, 1.807) is 0 Å². The average Bonchev–Trinajstić information content (AvgIpc) is 1.87. The van der Waals surface area contributed by atoms with Crippen molar-refractivity contribution in [1.82, 2.24) is 0 Å². The molecule has 60 valence electrons. The van der Waals surface area contributed by atoms with Crippen molar-refractivity contribution in [2.75, 3.05) is 12.3 Å². The van der Waals surface area contributed by atoms with Gasteiger partial charge in [-0.25, -0.2) is 0 Å². The lowest BCUT2D eigenvalue weighted by Crippen LogP contribution is -1.88. The van der Waals surface area contributed by atoms with Gasteiger partial charge in [-0.1, -0.05) is 46.5 Å². The molecule has 0 saturated heterocycles. The van der Waals surface area contributed by atoms with E-state index in [4.69, 9.17) is 0 Å². The van der Waals surface area contributed by atoms with Gasteiger partial charge in [0.15, 0.2) is 0 Å². The minimum atomic E-state index is 0.186. The lowest BCUT2D eigenvalue weighted by molar-refractivity contribution is 1.05. The van der Waals surface area contributed by atoms with Crippen molar-refractivity contribution in [2.24, 2.45) is 0 Å². The summed E-state index contributed by atoms with van der Waals surface area (Å²) in [4.78, 5) is 0. The molecular weight excluding hydrogens is 139 g/mol. The van der Waals surface area contributed by atoms with Crippen molar-refractivity contribution in [2.45, 2.75) is 33.6 Å². The molecule has 0 saturated carbocycles. The molecule has 0 aromatic heterocycles. The lowest BCUT2D eigenvalue weighted by Gasteiger charge is -2.14. The highest BCUT2D eigenvalue weighted by molar-refractivity contribution is 7.61. The highest BCUT2D eigenvalue weighted by atomic mass is 31.1. The summed E-state index contributed by atoms with van der Waals surface area (Å²) in [5, 5.41) is 1.43. The maximum absolute atomic E-state index is 4.02. The first kappa shape index (κ1) is 10.2. The van der Waals surface area contributed by atoms with Crippen molar-refractivity contribution in [3.05, 3.63) is 11.9 Å². The first-order valence-corrected chi connectivity index (χ1v) is 5.84. The molecule has 0 aliphatic rings. The van der Waals surface area contributed by atoms with E-state index in [2.05, 4.69) is 27.4 Å². The van der Waals surface area contributed by atoms with Crippen LogP contribution in [0.3, 0.4) is 0 Å². The molecule has 0 radical (unpaired) electrons. The Morgan fingerprint density at radius 1 is 1.20 bits per heavy atom. The quantitative estimate of drug-likeness (QED) is 0.533. The molecule has 0 atom stereocenters. The summed E-state index contributed by atoms with van der Waals surface area (Å²) in [5.41, 5.74) is 0. The zero-order chi connectivity index (χ0) is 7.98. The molecule has 0 amide bonds. The highest BCUT2D eigenvalue weighted by Crippen LogP contribution is 2.44. The first-order valence-electron chi connectivity index (χ1n) is 4.12. The van der Waals surface area contributed by atoms with E-state index in [9.17, 15) is 0 Å². The maximum Gasteiger partial charge on any atom is -0.0292 e. The van der Waals surface area contributed by atoms with Crippen LogP contribution < -0.4 is 0 Å². The molecule has 0 heterocycles. The van der Waals surface area contributed by atoms with Crippen LogP contribution in [0.4, 0.5) is 0 Å². The predicted octanol–water partition coefficient (Wildman–Crippen LogP) is 3.82. The Labute approximate surface area is 66.5 Å². The van der Waals surface area contributed by atoms with Crippen LogP contribution in [0.5, 0.6) is 0 Å². The Balaban J connectivity index is 3.61. The van der Waals surface area contributed by atoms with E-state index in [0.717, 1.165) is 0 Å². The monoisotopic (exact) mass is 158 g/mol. The van der Waals surface area contributed by atoms with Crippen molar-refractivity contribution >= 4 is 7.92 Å². The molecule has 0 rings (SSSR count). The Kier molecular flexibility index (Phi) is 6.02. The molecular formula is C9H19P. The van der Waals surface area contributed by atoms with E-state index in [0.29, 0.717) is 0 Å². The van der Waals surface area contributed by atoms with Gasteiger partial charge in [-0.05, 0) is 19.2 Å². The molecule has 0 nitrogen and oxygen atoms in total. The molecule has 10 heavy (non-hydrogen) atoms. The smallest absolute Gasteiger partial charge is 0.0292 e. The Bertz CT molecular complexity index is 90.9. The van der Waals surface area contributed by atoms with Crippen LogP contribution in [0.2, 0.25) is 0 Å². The number of hydrogen-bond acceptors (Lipinski definition) is 0. The molecule has 0 aliphatic carbocycles. The summed E-state index contributed by atoms with van der Waals surface area (Å²) >= 11 is 0. The van der Waals surface area contributed by atoms with E-state index in [1.165, 1.54) is 30.5 Å². The van der Waals surface area contributed by atoms with Crippen molar-refractivity contribution in [3.63, 3.8) is 0 Å². The van der Waals surface area contributed by atoms with E-state index in [-0.39, 0.29) is 7.92 Å². The van der Waals surface area contributed by atoms with Crippen molar-refractivity contribution in [1.29, 1.82) is 0 Å². The van der Waals surface area contributed by atoms with Gasteiger partial charge in [0.25, 0.3) is 0 Å². The summed E-state index contributed by atoms with van der Waals surface area (Å²) in [6.07, 6.45) is 5.41. The Morgan fingerprint density at radius 3 is 1.80 bits per heavy atom. The number of hydrogen-bond donors (Lipinski definition) is 0. The van der Waals surface area contributed by atoms with Crippen molar-refractivity contribution in [3.8, 4) is 0 Å². The molecule has 1 heteroatoms. The minimum absolute atomic E-state index is 0.186. The normalized spacial score (nSPS) is 10.4. The fourth-order valence-corrected chi connectivity index (χ4v) is 3.10. The zero-order valence-corrected chi connectivity index (χ0v) is 8.38. The summed E-state index contributed by atoms with van der Waals surface area (Å²) in [6, 6.07) is 0. The summed E-state index contributed by atoms with van der Waals surface area (Å²) < 4.78 is 0. The second-order valence-electron chi connectivity index (χ2n) is 2.72. The fourth-order valence-electron chi connectivity index (χ4n) is 1.03. The number of rotatable bonds is 5. The average molecular weight is 158 g/mol. The third-order valence-electron chi connectivity index (χ3n) is 1.53. The largest absolute Gasteiger partial charge is 0.0956 e. The molecule has 0 spiro atoms. The molecule has 0 unspecified atom stereocenters. The summed E-state index contributed by atoms with van der Waals surface area (Å²) in [7, 11) is 0.186. The van der Waals surface area contributed by atoms with Crippen LogP contribution >= 0.6 is 7.92 Å². The van der Waals surface area contributed by atoms with Gasteiger partial charge in [0, 0.05) is 0 Å². The van der Waals surface area contributed by atoms with Crippen LogP contribution in [-0.4, -0.2) is 12.3 Å². The van der Waals surface area contributed by atoms with Crippen LogP contribution in [-0.2, 0) is 0 Å². The Hall–Kier alpha value is 0.170. The second-order valence-corrected chi connectivity index (χ2v) is 5.46. The molecule has 0 N–H and O–H groups in total. The zero-order valence-electron chi connectivity index (χ0n) is 7.48. The molecule has 0 bridgehead atoms. The first-order chi connectivity index (χ1) is 4.72. The topological polar surface area (TPSA) is 0 Å². The third-order valence-corrected chi connectivity index (χ3v) is 4.58. The van der Waals surface area contributed by atoms with Crippen LogP contribution in [0.1, 0.15) is 33.6 Å². The van der Waals surface area contributed by atoms with Gasteiger partial charge in [0.2, 0.25) is 0 Å². The van der Waals surface area contributed by atoms with Crippen molar-refractivity contribution < 1.29 is 0 Å². The Morgan fingerprint density at radius 2 is 1.60 bits per heavy atom. The fraction of sp³-hybridized carbons (Fsp3) is 0.778. The molecule has 0 aliphatic heterocycles. The highest BCUT2D eigenvalue weighted by Gasteiger charge is 2.04. The van der Waals surface area contributed by atoms with Gasteiger partial charge < -0.3 is 0 Å². The van der Waals surface area contributed by atoms with Crippen LogP contribution in [0.25, 0.3) is 0 Å². The van der Waals surface area contributed by atoms with E-state index < -0.39 is 0 Å².